The van der Waals surface area contributed by atoms with Crippen LogP contribution in [0.1, 0.15) is 11.3 Å². The maximum absolute atomic E-state index is 11.6. The fraction of sp³-hybridized carbons (Fsp3) is 0.167. The van der Waals surface area contributed by atoms with E-state index in [-0.39, 0.29) is 0 Å². The zero-order chi connectivity index (χ0) is 18.5. The summed E-state index contributed by atoms with van der Waals surface area (Å²) in [5, 5.41) is 15.2. The zero-order valence-corrected chi connectivity index (χ0v) is 15.4. The van der Waals surface area contributed by atoms with Crippen molar-refractivity contribution in [2.45, 2.75) is 13.8 Å². The molecule has 1 N–H and O–H groups in total. The van der Waals surface area contributed by atoms with Crippen LogP contribution in [-0.2, 0) is 10.0 Å². The molecule has 4 aromatic rings. The second kappa shape index (κ2) is 5.77. The number of sulfonamides is 1. The van der Waals surface area contributed by atoms with Crippen LogP contribution in [-0.4, -0.2) is 34.5 Å². The molecule has 0 unspecified atom stereocenters. The first kappa shape index (κ1) is 16.5. The van der Waals surface area contributed by atoms with E-state index in [1.54, 1.807) is 10.6 Å². The average molecular weight is 367 g/mol. The molecule has 7 nitrogen and oxygen atoms in total. The first-order valence-corrected chi connectivity index (χ1v) is 9.92. The average Bonchev–Trinajstić information content (AvgIpc) is 3.00. The smallest absolute Gasteiger partial charge is 0.229 e. The Morgan fingerprint density at radius 2 is 1.73 bits per heavy atom. The van der Waals surface area contributed by atoms with Crippen LogP contribution in [0.25, 0.3) is 27.8 Å². The van der Waals surface area contributed by atoms with Gasteiger partial charge in [0, 0.05) is 16.3 Å². The van der Waals surface area contributed by atoms with E-state index in [1.165, 1.54) is 0 Å². The number of aromatic nitrogens is 4. The lowest BCUT2D eigenvalue weighted by Crippen LogP contribution is -2.10. The molecule has 0 spiro atoms. The maximum atomic E-state index is 11.6. The van der Waals surface area contributed by atoms with Gasteiger partial charge in [-0.2, -0.15) is 9.61 Å². The van der Waals surface area contributed by atoms with Crippen molar-refractivity contribution in [3.8, 4) is 11.4 Å². The molecule has 26 heavy (non-hydrogen) atoms. The molecular weight excluding hydrogens is 350 g/mol. The topological polar surface area (TPSA) is 89.2 Å². The molecule has 4 rings (SSSR count). The lowest BCUT2D eigenvalue weighted by molar-refractivity contribution is 0.607. The Labute approximate surface area is 150 Å². The number of anilines is 1. The number of nitrogens with one attached hydrogen (secondary N) is 1. The van der Waals surface area contributed by atoms with Crippen molar-refractivity contribution in [2.75, 3.05) is 11.0 Å². The Hall–Kier alpha value is -3.00. The summed E-state index contributed by atoms with van der Waals surface area (Å²) in [5.74, 6) is 0.561. The lowest BCUT2D eigenvalue weighted by atomic mass is 10.1. The van der Waals surface area contributed by atoms with Crippen LogP contribution in [0, 0.1) is 13.8 Å². The fourth-order valence-corrected chi connectivity index (χ4v) is 3.61. The summed E-state index contributed by atoms with van der Waals surface area (Å²) in [6, 6.07) is 13.4. The molecule has 2 aromatic heterocycles. The van der Waals surface area contributed by atoms with E-state index in [1.807, 2.05) is 50.2 Å². The molecule has 8 heteroatoms. The highest BCUT2D eigenvalue weighted by molar-refractivity contribution is 7.92. The molecule has 2 heterocycles. The van der Waals surface area contributed by atoms with Gasteiger partial charge in [-0.1, -0.05) is 36.4 Å². The van der Waals surface area contributed by atoms with Crippen LogP contribution in [0.3, 0.4) is 0 Å². The fourth-order valence-electron chi connectivity index (χ4n) is 2.99. The molecule has 0 aliphatic carbocycles. The molecule has 0 radical (unpaired) electrons. The predicted molar refractivity (Wildman–Crippen MR) is 102 cm³/mol. The highest BCUT2D eigenvalue weighted by Crippen LogP contribution is 2.27. The molecule has 0 saturated heterocycles. The lowest BCUT2D eigenvalue weighted by Gasteiger charge is -2.10. The maximum Gasteiger partial charge on any atom is 0.229 e. The van der Waals surface area contributed by atoms with E-state index in [4.69, 9.17) is 0 Å². The molecule has 0 amide bonds. The summed E-state index contributed by atoms with van der Waals surface area (Å²) in [6.45, 7) is 3.78. The Bertz CT molecular complexity index is 1260. The third-order valence-corrected chi connectivity index (χ3v) is 4.83. The van der Waals surface area contributed by atoms with Crippen molar-refractivity contribution in [3.05, 3.63) is 53.7 Å². The summed E-state index contributed by atoms with van der Waals surface area (Å²) < 4.78 is 27.4. The number of hydrogen-bond acceptors (Lipinski definition) is 5. The molecule has 0 aliphatic rings. The number of fused-ring (bicyclic) bond motifs is 3. The summed E-state index contributed by atoms with van der Waals surface area (Å²) in [6.07, 6.45) is 1.13. The Morgan fingerprint density at radius 3 is 2.46 bits per heavy atom. The number of benzene rings is 2. The molecule has 0 saturated carbocycles. The SMILES string of the molecule is Cc1ccc(-c2nnc3c4ccccc4c(C)nn23)cc1NS(C)(=O)=O. The normalized spacial score (nSPS) is 12.0. The van der Waals surface area contributed by atoms with Crippen molar-refractivity contribution in [2.24, 2.45) is 0 Å². The van der Waals surface area contributed by atoms with Crippen molar-refractivity contribution in [1.82, 2.24) is 19.8 Å². The van der Waals surface area contributed by atoms with E-state index < -0.39 is 10.0 Å². The summed E-state index contributed by atoms with van der Waals surface area (Å²) in [4.78, 5) is 0. The van der Waals surface area contributed by atoms with E-state index >= 15 is 0 Å². The number of nitrogens with zero attached hydrogens (tertiary/aromatic N) is 4. The van der Waals surface area contributed by atoms with Gasteiger partial charge in [0.2, 0.25) is 10.0 Å². The highest BCUT2D eigenvalue weighted by Gasteiger charge is 2.15. The van der Waals surface area contributed by atoms with Crippen molar-refractivity contribution in [3.63, 3.8) is 0 Å². The van der Waals surface area contributed by atoms with Crippen molar-refractivity contribution < 1.29 is 8.42 Å². The molecule has 132 valence electrons. The number of rotatable bonds is 3. The Morgan fingerprint density at radius 1 is 1.00 bits per heavy atom. The highest BCUT2D eigenvalue weighted by atomic mass is 32.2. The molecule has 0 atom stereocenters. The second-order valence-corrected chi connectivity index (χ2v) is 8.04. The molecule has 0 bridgehead atoms. The third-order valence-electron chi connectivity index (χ3n) is 4.24. The first-order chi connectivity index (χ1) is 12.3. The van der Waals surface area contributed by atoms with E-state index in [0.29, 0.717) is 17.2 Å². The van der Waals surface area contributed by atoms with Gasteiger partial charge in [0.25, 0.3) is 0 Å². The molecule has 2 aromatic carbocycles. The summed E-state index contributed by atoms with van der Waals surface area (Å²) in [5.41, 5.74) is 3.61. The largest absolute Gasteiger partial charge is 0.283 e. The minimum atomic E-state index is -3.37. The standard InChI is InChI=1S/C18H17N5O2S/c1-11-8-9-13(10-16(11)22-26(3,24)25)17-19-20-18-15-7-5-4-6-14(15)12(2)21-23(17)18/h4-10,22H,1-3H3. The van der Waals surface area contributed by atoms with Gasteiger partial charge < -0.3 is 0 Å². The van der Waals surface area contributed by atoms with Crippen LogP contribution in [0.15, 0.2) is 42.5 Å². The van der Waals surface area contributed by atoms with Crippen LogP contribution in [0.2, 0.25) is 0 Å². The van der Waals surface area contributed by atoms with E-state index in [9.17, 15) is 8.42 Å². The van der Waals surface area contributed by atoms with Gasteiger partial charge in [-0.15, -0.1) is 10.2 Å². The minimum absolute atomic E-state index is 0.513. The first-order valence-electron chi connectivity index (χ1n) is 8.03. The molecule has 0 fully saturated rings. The van der Waals surface area contributed by atoms with Gasteiger partial charge in [0.15, 0.2) is 11.5 Å². The quantitative estimate of drug-likeness (QED) is 0.601. The minimum Gasteiger partial charge on any atom is -0.283 e. The summed E-state index contributed by atoms with van der Waals surface area (Å²) in [7, 11) is -3.37. The second-order valence-electron chi connectivity index (χ2n) is 6.29. The van der Waals surface area contributed by atoms with Crippen LogP contribution < -0.4 is 4.72 Å². The molecule has 0 aliphatic heterocycles. The van der Waals surface area contributed by atoms with Gasteiger partial charge in [-0.3, -0.25) is 4.72 Å². The monoisotopic (exact) mass is 367 g/mol. The molecular formula is C18H17N5O2S. The van der Waals surface area contributed by atoms with Crippen LogP contribution >= 0.6 is 0 Å². The predicted octanol–water partition coefficient (Wildman–Crippen LogP) is 2.93. The van der Waals surface area contributed by atoms with Crippen molar-refractivity contribution >= 4 is 32.1 Å². The van der Waals surface area contributed by atoms with Crippen LogP contribution in [0.4, 0.5) is 5.69 Å². The van der Waals surface area contributed by atoms with Gasteiger partial charge >= 0.3 is 0 Å². The van der Waals surface area contributed by atoms with Gasteiger partial charge in [0.05, 0.1) is 17.6 Å². The Balaban J connectivity index is 1.94. The van der Waals surface area contributed by atoms with E-state index in [0.717, 1.165) is 33.8 Å². The number of aryl methyl sites for hydroxylation is 2. The third kappa shape index (κ3) is 2.78. The van der Waals surface area contributed by atoms with Crippen molar-refractivity contribution in [1.29, 1.82) is 0 Å². The number of hydrogen-bond donors (Lipinski definition) is 1. The Kier molecular flexibility index (Phi) is 3.66. The summed E-state index contributed by atoms with van der Waals surface area (Å²) >= 11 is 0. The zero-order valence-electron chi connectivity index (χ0n) is 14.6. The van der Waals surface area contributed by atoms with E-state index in [2.05, 4.69) is 20.0 Å². The van der Waals surface area contributed by atoms with Gasteiger partial charge in [-0.25, -0.2) is 8.42 Å². The van der Waals surface area contributed by atoms with Gasteiger partial charge in [0.1, 0.15) is 0 Å². The van der Waals surface area contributed by atoms with Gasteiger partial charge in [-0.05, 0) is 25.5 Å². The van der Waals surface area contributed by atoms with Crippen LogP contribution in [0.5, 0.6) is 0 Å².